The van der Waals surface area contributed by atoms with E-state index in [9.17, 15) is 9.90 Å². The minimum Gasteiger partial charge on any atom is -0.388 e. The van der Waals surface area contributed by atoms with E-state index in [1.54, 1.807) is 7.05 Å². The Morgan fingerprint density at radius 3 is 2.39 bits per heavy atom. The second kappa shape index (κ2) is 5.95. The van der Waals surface area contributed by atoms with Crippen LogP contribution in [0.2, 0.25) is 10.2 Å². The minimum atomic E-state index is -0.867. The molecule has 0 aliphatic rings. The van der Waals surface area contributed by atoms with Crippen molar-refractivity contribution in [2.45, 2.75) is 32.3 Å². The Morgan fingerprint density at radius 1 is 1.44 bits per heavy atom. The highest BCUT2D eigenvalue weighted by atomic mass is 35.5. The molecule has 2 N–H and O–H groups in total. The maximum absolute atomic E-state index is 11.9. The van der Waals surface area contributed by atoms with Crippen molar-refractivity contribution in [2.75, 3.05) is 6.54 Å². The first-order valence-corrected chi connectivity index (χ1v) is 6.61. The monoisotopic (exact) mass is 292 g/mol. The van der Waals surface area contributed by atoms with E-state index >= 15 is 0 Å². The van der Waals surface area contributed by atoms with Gasteiger partial charge >= 0.3 is 0 Å². The van der Waals surface area contributed by atoms with E-state index in [1.807, 2.05) is 13.8 Å². The Kier molecular flexibility index (Phi) is 5.08. The summed E-state index contributed by atoms with van der Waals surface area (Å²) in [6.07, 6.45) is 1.16. The number of rotatable bonds is 5. The zero-order valence-corrected chi connectivity index (χ0v) is 12.3. The molecule has 0 unspecified atom stereocenters. The third-order valence-electron chi connectivity index (χ3n) is 3.24. The van der Waals surface area contributed by atoms with Gasteiger partial charge in [0.1, 0.15) is 10.8 Å². The molecule has 0 spiro atoms. The second-order valence-electron chi connectivity index (χ2n) is 4.34. The van der Waals surface area contributed by atoms with Gasteiger partial charge in [0.2, 0.25) is 0 Å². The van der Waals surface area contributed by atoms with E-state index in [1.165, 1.54) is 10.6 Å². The van der Waals surface area contributed by atoms with Gasteiger partial charge in [0.05, 0.1) is 10.6 Å². The first-order chi connectivity index (χ1) is 8.34. The van der Waals surface area contributed by atoms with Crippen molar-refractivity contribution in [3.05, 3.63) is 21.9 Å². The first kappa shape index (κ1) is 15.3. The van der Waals surface area contributed by atoms with Gasteiger partial charge in [-0.15, -0.1) is 0 Å². The molecule has 0 radical (unpaired) electrons. The number of nitrogens with one attached hydrogen (secondary N) is 1. The summed E-state index contributed by atoms with van der Waals surface area (Å²) in [7, 11) is 1.66. The lowest BCUT2D eigenvalue weighted by atomic mass is 9.97. The number of halogens is 2. The summed E-state index contributed by atoms with van der Waals surface area (Å²) < 4.78 is 1.51. The summed E-state index contributed by atoms with van der Waals surface area (Å²) in [4.78, 5) is 11.9. The molecule has 0 aliphatic carbocycles. The molecule has 0 saturated carbocycles. The van der Waals surface area contributed by atoms with E-state index in [2.05, 4.69) is 5.32 Å². The van der Waals surface area contributed by atoms with Crippen LogP contribution in [0.4, 0.5) is 0 Å². The van der Waals surface area contributed by atoms with Crippen LogP contribution < -0.4 is 5.32 Å². The fourth-order valence-electron chi connectivity index (χ4n) is 1.60. The summed E-state index contributed by atoms with van der Waals surface area (Å²) >= 11 is 11.7. The third-order valence-corrected chi connectivity index (χ3v) is 4.09. The number of nitrogens with zero attached hydrogens (tertiary/aromatic N) is 1. The number of carbonyl (C=O) groups excluding carboxylic acids is 1. The minimum absolute atomic E-state index is 0.208. The average molecular weight is 293 g/mol. The molecule has 18 heavy (non-hydrogen) atoms. The smallest absolute Gasteiger partial charge is 0.268 e. The molecule has 0 fully saturated rings. The van der Waals surface area contributed by atoms with Crippen LogP contribution in [0.3, 0.4) is 0 Å². The molecule has 0 aromatic carbocycles. The molecule has 1 heterocycles. The van der Waals surface area contributed by atoms with E-state index in [0.717, 1.165) is 0 Å². The summed E-state index contributed by atoms with van der Waals surface area (Å²) in [5.74, 6) is -0.299. The van der Waals surface area contributed by atoms with Crippen molar-refractivity contribution in [3.63, 3.8) is 0 Å². The normalized spacial score (nSPS) is 11.7. The topological polar surface area (TPSA) is 54.3 Å². The first-order valence-electron chi connectivity index (χ1n) is 5.86. The highest BCUT2D eigenvalue weighted by Crippen LogP contribution is 2.25. The molecule has 102 valence electrons. The van der Waals surface area contributed by atoms with Gasteiger partial charge in [0.15, 0.2) is 0 Å². The fraction of sp³-hybridized carbons (Fsp3) is 0.583. The number of amides is 1. The highest BCUT2D eigenvalue weighted by molar-refractivity contribution is 6.41. The number of aromatic nitrogens is 1. The van der Waals surface area contributed by atoms with Crippen molar-refractivity contribution in [1.82, 2.24) is 9.88 Å². The maximum Gasteiger partial charge on any atom is 0.268 e. The summed E-state index contributed by atoms with van der Waals surface area (Å²) in [5.41, 5.74) is -0.492. The highest BCUT2D eigenvalue weighted by Gasteiger charge is 2.24. The van der Waals surface area contributed by atoms with E-state index in [-0.39, 0.29) is 12.5 Å². The fourth-order valence-corrected chi connectivity index (χ4v) is 1.97. The Balaban J connectivity index is 2.75. The average Bonchev–Trinajstić information content (AvgIpc) is 2.63. The van der Waals surface area contributed by atoms with Gasteiger partial charge in [0.25, 0.3) is 5.91 Å². The lowest BCUT2D eigenvalue weighted by Crippen LogP contribution is -2.42. The van der Waals surface area contributed by atoms with E-state index in [0.29, 0.717) is 28.7 Å². The van der Waals surface area contributed by atoms with Crippen molar-refractivity contribution in [3.8, 4) is 0 Å². The molecule has 0 saturated heterocycles. The van der Waals surface area contributed by atoms with Crippen LogP contribution in [0.1, 0.15) is 37.2 Å². The molecule has 1 aromatic heterocycles. The Labute approximate surface area is 117 Å². The summed E-state index contributed by atoms with van der Waals surface area (Å²) in [6.45, 7) is 3.97. The lowest BCUT2D eigenvalue weighted by molar-refractivity contribution is 0.0312. The quantitative estimate of drug-likeness (QED) is 0.876. The van der Waals surface area contributed by atoms with Gasteiger partial charge < -0.3 is 15.0 Å². The van der Waals surface area contributed by atoms with Crippen LogP contribution in [-0.4, -0.2) is 27.7 Å². The van der Waals surface area contributed by atoms with Crippen LogP contribution in [0.25, 0.3) is 0 Å². The van der Waals surface area contributed by atoms with Crippen molar-refractivity contribution in [2.24, 2.45) is 7.05 Å². The predicted molar refractivity (Wildman–Crippen MR) is 73.3 cm³/mol. The Bertz CT molecular complexity index is 440. The van der Waals surface area contributed by atoms with Crippen LogP contribution in [0.5, 0.6) is 0 Å². The van der Waals surface area contributed by atoms with Gasteiger partial charge in [-0.1, -0.05) is 37.0 Å². The van der Waals surface area contributed by atoms with Crippen LogP contribution in [0.15, 0.2) is 6.07 Å². The molecule has 0 atom stereocenters. The Hall–Kier alpha value is -0.710. The SMILES string of the molecule is CCC(O)(CC)CNC(=O)c1cc(Cl)c(Cl)n1C. The standard InChI is InChI=1S/C12H18Cl2N2O2/c1-4-12(18,5-2)7-15-11(17)9-6-8(13)10(14)16(9)3/h6,18H,4-5,7H2,1-3H3,(H,15,17). The molecule has 4 nitrogen and oxygen atoms in total. The van der Waals surface area contributed by atoms with Gasteiger partial charge in [-0.2, -0.15) is 0 Å². The second-order valence-corrected chi connectivity index (χ2v) is 5.11. The molecule has 6 heteroatoms. The number of hydrogen-bond donors (Lipinski definition) is 2. The van der Waals surface area contributed by atoms with Crippen molar-refractivity contribution in [1.29, 1.82) is 0 Å². The zero-order chi connectivity index (χ0) is 13.9. The van der Waals surface area contributed by atoms with Gasteiger partial charge in [-0.05, 0) is 18.9 Å². The molecular formula is C12H18Cl2N2O2. The molecule has 1 rings (SSSR count). The molecule has 1 amide bonds. The molecule has 0 aliphatic heterocycles. The van der Waals surface area contributed by atoms with E-state index in [4.69, 9.17) is 23.2 Å². The van der Waals surface area contributed by atoms with Crippen LogP contribution in [-0.2, 0) is 7.05 Å². The predicted octanol–water partition coefficient (Wildman–Crippen LogP) is 2.61. The number of carbonyl (C=O) groups is 1. The molecule has 1 aromatic rings. The van der Waals surface area contributed by atoms with Crippen LogP contribution in [0, 0.1) is 0 Å². The van der Waals surface area contributed by atoms with Crippen molar-refractivity contribution < 1.29 is 9.90 Å². The largest absolute Gasteiger partial charge is 0.388 e. The molecule has 0 bridgehead atoms. The van der Waals surface area contributed by atoms with Crippen molar-refractivity contribution >= 4 is 29.1 Å². The molecular weight excluding hydrogens is 275 g/mol. The number of aliphatic hydroxyl groups is 1. The third kappa shape index (κ3) is 3.19. The summed E-state index contributed by atoms with van der Waals surface area (Å²) in [6, 6.07) is 1.51. The van der Waals surface area contributed by atoms with Gasteiger partial charge in [-0.3, -0.25) is 4.79 Å². The summed E-state index contributed by atoms with van der Waals surface area (Å²) in [5, 5.41) is 13.4. The number of hydrogen-bond acceptors (Lipinski definition) is 2. The van der Waals surface area contributed by atoms with E-state index < -0.39 is 5.60 Å². The lowest BCUT2D eigenvalue weighted by Gasteiger charge is -2.25. The Morgan fingerprint density at radius 2 is 2.00 bits per heavy atom. The van der Waals surface area contributed by atoms with Crippen LogP contribution >= 0.6 is 23.2 Å². The zero-order valence-electron chi connectivity index (χ0n) is 10.8. The maximum atomic E-state index is 11.9. The van der Waals surface area contributed by atoms with Gasteiger partial charge in [-0.25, -0.2) is 0 Å². The van der Waals surface area contributed by atoms with Gasteiger partial charge in [0, 0.05) is 13.6 Å².